The van der Waals surface area contributed by atoms with Gasteiger partial charge in [-0.15, -0.1) is 0 Å². The topological polar surface area (TPSA) is 52.9 Å². The molecule has 0 aliphatic heterocycles. The zero-order valence-corrected chi connectivity index (χ0v) is 10.3. The third kappa shape index (κ3) is 3.23. The minimum absolute atomic E-state index is 0.108. The maximum Gasteiger partial charge on any atom is 0.240 e. The van der Waals surface area contributed by atoms with Gasteiger partial charge in [0.2, 0.25) is 5.91 Å². The van der Waals surface area contributed by atoms with Gasteiger partial charge in [-0.05, 0) is 25.7 Å². The fraction of sp³-hybridized carbons (Fsp3) is 0.833. The number of amides is 1. The molecule has 1 amide bonds. The number of hydrogen-bond donors (Lipinski definition) is 1. The highest BCUT2D eigenvalue weighted by atomic mass is 16.2. The van der Waals surface area contributed by atoms with Crippen LogP contribution in [0.15, 0.2) is 0 Å². The Kier molecular flexibility index (Phi) is 6.00. The molecule has 0 aromatic rings. The van der Waals surface area contributed by atoms with Crippen molar-refractivity contribution in [2.45, 2.75) is 59.4 Å². The van der Waals surface area contributed by atoms with Gasteiger partial charge in [0, 0.05) is 6.04 Å². The van der Waals surface area contributed by atoms with Gasteiger partial charge in [-0.2, -0.15) is 5.26 Å². The smallest absolute Gasteiger partial charge is 0.240 e. The van der Waals surface area contributed by atoms with E-state index in [1.165, 1.54) is 0 Å². The van der Waals surface area contributed by atoms with E-state index in [0.29, 0.717) is 12.8 Å². The molecule has 1 N–H and O–H groups in total. The largest absolute Gasteiger partial charge is 0.352 e. The van der Waals surface area contributed by atoms with E-state index >= 15 is 0 Å². The Morgan fingerprint density at radius 2 is 1.73 bits per heavy atom. The van der Waals surface area contributed by atoms with Crippen molar-refractivity contribution in [3.8, 4) is 6.07 Å². The Bertz CT molecular complexity index is 234. The normalized spacial score (nSPS) is 11.2. The molecule has 0 saturated carbocycles. The average molecular weight is 210 g/mol. The second-order valence-electron chi connectivity index (χ2n) is 3.89. The van der Waals surface area contributed by atoms with Crippen molar-refractivity contribution in [1.82, 2.24) is 5.32 Å². The number of nitrogens with one attached hydrogen (secondary N) is 1. The van der Waals surface area contributed by atoms with E-state index in [1.807, 2.05) is 27.7 Å². The van der Waals surface area contributed by atoms with E-state index in [-0.39, 0.29) is 11.9 Å². The molecule has 0 unspecified atom stereocenters. The lowest BCUT2D eigenvalue weighted by molar-refractivity contribution is -0.129. The molecule has 0 aromatic heterocycles. The molecule has 0 bridgehead atoms. The van der Waals surface area contributed by atoms with Crippen LogP contribution in [0.3, 0.4) is 0 Å². The summed E-state index contributed by atoms with van der Waals surface area (Å²) in [6.07, 6.45) is 2.98. The Morgan fingerprint density at radius 1 is 1.27 bits per heavy atom. The van der Waals surface area contributed by atoms with Gasteiger partial charge in [-0.3, -0.25) is 4.79 Å². The summed E-state index contributed by atoms with van der Waals surface area (Å²) in [5.41, 5.74) is -0.831. The zero-order valence-electron chi connectivity index (χ0n) is 10.3. The van der Waals surface area contributed by atoms with Gasteiger partial charge in [-0.25, -0.2) is 0 Å². The Morgan fingerprint density at radius 3 is 2.00 bits per heavy atom. The zero-order chi connectivity index (χ0) is 11.9. The fourth-order valence-corrected chi connectivity index (χ4v) is 1.60. The molecule has 0 rings (SSSR count). The predicted molar refractivity (Wildman–Crippen MR) is 61.1 cm³/mol. The number of carbonyl (C=O) groups is 1. The second kappa shape index (κ2) is 6.44. The Hall–Kier alpha value is -1.04. The van der Waals surface area contributed by atoms with Crippen molar-refractivity contribution in [3.05, 3.63) is 0 Å². The van der Waals surface area contributed by atoms with Gasteiger partial charge in [0.05, 0.1) is 6.07 Å². The minimum atomic E-state index is -0.831. The molecular formula is C12H22N2O. The molecule has 0 radical (unpaired) electrons. The molecule has 0 spiro atoms. The number of carbonyl (C=O) groups excluding carboxylic acids is 1. The first kappa shape index (κ1) is 14.0. The molecule has 3 nitrogen and oxygen atoms in total. The first-order chi connectivity index (χ1) is 7.10. The van der Waals surface area contributed by atoms with Crippen LogP contribution in [0.4, 0.5) is 0 Å². The summed E-state index contributed by atoms with van der Waals surface area (Å²) < 4.78 is 0. The summed E-state index contributed by atoms with van der Waals surface area (Å²) in [5, 5.41) is 12.0. The van der Waals surface area contributed by atoms with Gasteiger partial charge >= 0.3 is 0 Å². The summed E-state index contributed by atoms with van der Waals surface area (Å²) in [4.78, 5) is 12.0. The molecular weight excluding hydrogens is 188 g/mol. The quantitative estimate of drug-likeness (QED) is 0.732. The molecule has 3 heteroatoms. The van der Waals surface area contributed by atoms with E-state index in [9.17, 15) is 4.79 Å². The van der Waals surface area contributed by atoms with E-state index in [1.54, 1.807) is 0 Å². The number of hydrogen-bond acceptors (Lipinski definition) is 2. The SMILES string of the molecule is CCC(CC)NC(=O)C(C#N)(CC)CC. The summed E-state index contributed by atoms with van der Waals surface area (Å²) in [6, 6.07) is 2.35. The highest BCUT2D eigenvalue weighted by molar-refractivity contribution is 5.85. The Balaban J connectivity index is 4.60. The molecule has 15 heavy (non-hydrogen) atoms. The van der Waals surface area contributed by atoms with Crippen LogP contribution in [-0.2, 0) is 4.79 Å². The first-order valence-electron chi connectivity index (χ1n) is 5.82. The second-order valence-corrected chi connectivity index (χ2v) is 3.89. The molecule has 0 aliphatic rings. The van der Waals surface area contributed by atoms with Crippen molar-refractivity contribution >= 4 is 5.91 Å². The maximum atomic E-state index is 12.0. The Labute approximate surface area is 92.9 Å². The maximum absolute atomic E-state index is 12.0. The standard InChI is InChI=1S/C12H22N2O/c1-5-10(6-2)14-11(15)12(7-3,8-4)9-13/h10H,5-8H2,1-4H3,(H,14,15). The van der Waals surface area contributed by atoms with Crippen LogP contribution < -0.4 is 5.32 Å². The third-order valence-corrected chi connectivity index (χ3v) is 3.18. The molecule has 0 fully saturated rings. The van der Waals surface area contributed by atoms with Gasteiger partial charge < -0.3 is 5.32 Å². The van der Waals surface area contributed by atoms with Crippen molar-refractivity contribution in [1.29, 1.82) is 5.26 Å². The molecule has 0 aromatic carbocycles. The fourth-order valence-electron chi connectivity index (χ4n) is 1.60. The summed E-state index contributed by atoms with van der Waals surface area (Å²) >= 11 is 0. The molecule has 0 aliphatic carbocycles. The number of nitrogens with zero attached hydrogens (tertiary/aromatic N) is 1. The van der Waals surface area contributed by atoms with Crippen molar-refractivity contribution in [3.63, 3.8) is 0 Å². The predicted octanol–water partition coefficient (Wildman–Crippen LogP) is 2.62. The van der Waals surface area contributed by atoms with Crippen molar-refractivity contribution in [2.75, 3.05) is 0 Å². The van der Waals surface area contributed by atoms with Crippen LogP contribution >= 0.6 is 0 Å². The number of rotatable bonds is 6. The minimum Gasteiger partial charge on any atom is -0.352 e. The van der Waals surface area contributed by atoms with Crippen LogP contribution in [-0.4, -0.2) is 11.9 Å². The summed E-state index contributed by atoms with van der Waals surface area (Å²) in [7, 11) is 0. The van der Waals surface area contributed by atoms with Crippen LogP contribution in [0, 0.1) is 16.7 Å². The van der Waals surface area contributed by atoms with Crippen LogP contribution in [0.5, 0.6) is 0 Å². The lowest BCUT2D eigenvalue weighted by Crippen LogP contribution is -2.44. The van der Waals surface area contributed by atoms with E-state index in [4.69, 9.17) is 5.26 Å². The summed E-state index contributed by atoms with van der Waals surface area (Å²) in [6.45, 7) is 7.86. The highest BCUT2D eigenvalue weighted by Gasteiger charge is 2.35. The lowest BCUT2D eigenvalue weighted by Gasteiger charge is -2.25. The van der Waals surface area contributed by atoms with Crippen molar-refractivity contribution < 1.29 is 4.79 Å². The van der Waals surface area contributed by atoms with Crippen LogP contribution in [0.2, 0.25) is 0 Å². The highest BCUT2D eigenvalue weighted by Crippen LogP contribution is 2.25. The molecule has 0 saturated heterocycles. The lowest BCUT2D eigenvalue weighted by atomic mass is 9.82. The average Bonchev–Trinajstić information content (AvgIpc) is 2.29. The van der Waals surface area contributed by atoms with E-state index in [2.05, 4.69) is 11.4 Å². The van der Waals surface area contributed by atoms with Crippen LogP contribution in [0.1, 0.15) is 53.4 Å². The van der Waals surface area contributed by atoms with Gasteiger partial charge in [0.15, 0.2) is 0 Å². The molecule has 0 atom stereocenters. The van der Waals surface area contributed by atoms with E-state index < -0.39 is 5.41 Å². The summed E-state index contributed by atoms with van der Waals surface area (Å²) in [5.74, 6) is -0.108. The molecule has 86 valence electrons. The number of nitriles is 1. The molecule has 0 heterocycles. The van der Waals surface area contributed by atoms with Gasteiger partial charge in [0.1, 0.15) is 5.41 Å². The van der Waals surface area contributed by atoms with Gasteiger partial charge in [-0.1, -0.05) is 27.7 Å². The van der Waals surface area contributed by atoms with Crippen molar-refractivity contribution in [2.24, 2.45) is 5.41 Å². The van der Waals surface area contributed by atoms with E-state index in [0.717, 1.165) is 12.8 Å². The first-order valence-corrected chi connectivity index (χ1v) is 5.82. The monoisotopic (exact) mass is 210 g/mol. The van der Waals surface area contributed by atoms with Crippen LogP contribution in [0.25, 0.3) is 0 Å². The third-order valence-electron chi connectivity index (χ3n) is 3.18. The van der Waals surface area contributed by atoms with Gasteiger partial charge in [0.25, 0.3) is 0 Å².